The lowest BCUT2D eigenvalue weighted by Gasteiger charge is -2.35. The van der Waals surface area contributed by atoms with E-state index in [0.717, 1.165) is 27.3 Å². The number of nitrogens with zero attached hydrogens (tertiary/aromatic N) is 2. The molecule has 0 aromatic heterocycles. The van der Waals surface area contributed by atoms with Gasteiger partial charge in [0.2, 0.25) is 0 Å². The van der Waals surface area contributed by atoms with Gasteiger partial charge in [-0.2, -0.15) is 0 Å². The third-order valence-electron chi connectivity index (χ3n) is 4.51. The maximum absolute atomic E-state index is 6.03. The Balaban J connectivity index is 1.76. The minimum absolute atomic E-state index is 0.0746. The van der Waals surface area contributed by atoms with Gasteiger partial charge in [-0.25, -0.2) is 5.06 Å². The van der Waals surface area contributed by atoms with Crippen LogP contribution in [0.4, 0.5) is 11.4 Å². The molecule has 2 heterocycles. The van der Waals surface area contributed by atoms with Crippen molar-refractivity contribution in [3.8, 4) is 0 Å². The Labute approximate surface area is 160 Å². The molecule has 2 aliphatic heterocycles. The number of benzene rings is 2. The summed E-state index contributed by atoms with van der Waals surface area (Å²) < 4.78 is 0.889. The number of para-hydroxylation sites is 1. The van der Waals surface area contributed by atoms with Crippen molar-refractivity contribution >= 4 is 50.9 Å². The first-order valence-corrected chi connectivity index (χ1v) is 10.3. The van der Waals surface area contributed by atoms with Crippen LogP contribution in [0.15, 0.2) is 53.5 Å². The van der Waals surface area contributed by atoms with E-state index in [1.54, 1.807) is 18.9 Å². The molecule has 130 valence electrons. The summed E-state index contributed by atoms with van der Waals surface area (Å²) >= 11 is 9.54. The molecule has 0 saturated carbocycles. The molecule has 0 bridgehead atoms. The Morgan fingerprint density at radius 2 is 2.04 bits per heavy atom. The van der Waals surface area contributed by atoms with E-state index < -0.39 is 0 Å². The lowest BCUT2D eigenvalue weighted by Crippen LogP contribution is -2.48. The fourth-order valence-electron chi connectivity index (χ4n) is 3.37. The number of thioether (sulfide) groups is 2. The normalized spacial score (nSPS) is 24.5. The van der Waals surface area contributed by atoms with Gasteiger partial charge in [-0.15, -0.1) is 11.8 Å². The van der Waals surface area contributed by atoms with E-state index in [4.69, 9.17) is 21.4 Å². The Hall–Kier alpha value is -1.34. The average Bonchev–Trinajstić information content (AvgIpc) is 3.18. The van der Waals surface area contributed by atoms with Gasteiger partial charge in [-0.3, -0.25) is 9.83 Å². The summed E-state index contributed by atoms with van der Waals surface area (Å²) in [5.74, 6) is 0. The first-order valence-electron chi connectivity index (χ1n) is 7.90. The molecule has 1 spiro atoms. The highest BCUT2D eigenvalue weighted by atomic mass is 35.5. The summed E-state index contributed by atoms with van der Waals surface area (Å²) in [6.07, 6.45) is 2.00. The first-order chi connectivity index (χ1) is 12.2. The zero-order valence-corrected chi connectivity index (χ0v) is 16.3. The Morgan fingerprint density at radius 1 is 1.28 bits per heavy atom. The molecule has 4 rings (SSSR count). The third-order valence-corrected chi connectivity index (χ3v) is 7.23. The van der Waals surface area contributed by atoms with Crippen molar-refractivity contribution in [2.24, 2.45) is 4.99 Å². The molecule has 0 fully saturated rings. The smallest absolute Gasteiger partial charge is 0.146 e. The molecule has 0 radical (unpaired) electrons. The van der Waals surface area contributed by atoms with Crippen molar-refractivity contribution in [1.82, 2.24) is 0 Å². The number of anilines is 2. The molecule has 4 nitrogen and oxygen atoms in total. The van der Waals surface area contributed by atoms with Crippen LogP contribution in [0, 0.1) is 0 Å². The average molecular weight is 392 g/mol. The first kappa shape index (κ1) is 17.1. The maximum Gasteiger partial charge on any atom is 0.146 e. The zero-order chi connectivity index (χ0) is 17.4. The van der Waals surface area contributed by atoms with Crippen molar-refractivity contribution < 1.29 is 4.84 Å². The summed E-state index contributed by atoms with van der Waals surface area (Å²) in [4.78, 5) is 10.5. The molecule has 0 aliphatic carbocycles. The zero-order valence-electron chi connectivity index (χ0n) is 13.9. The largest absolute Gasteiger partial charge is 0.362 e. The van der Waals surface area contributed by atoms with Crippen LogP contribution in [-0.2, 0) is 9.58 Å². The van der Waals surface area contributed by atoms with Crippen LogP contribution < -0.4 is 10.4 Å². The van der Waals surface area contributed by atoms with Crippen molar-refractivity contribution in [1.29, 1.82) is 0 Å². The SMILES string of the molecule is CON1c2ccccc2[C@@]2(CN=C(SC)S2)[C@@H]1Nc1ccc(Cl)cc1. The number of aliphatic imine (C=N–C) groups is 1. The van der Waals surface area contributed by atoms with E-state index in [1.165, 1.54) is 5.56 Å². The lowest BCUT2D eigenvalue weighted by molar-refractivity contribution is 0.145. The summed E-state index contributed by atoms with van der Waals surface area (Å²) in [5, 5.41) is 6.31. The van der Waals surface area contributed by atoms with Crippen molar-refractivity contribution in [3.05, 3.63) is 59.1 Å². The number of fused-ring (bicyclic) bond motifs is 2. The van der Waals surface area contributed by atoms with Gasteiger partial charge in [0.25, 0.3) is 0 Å². The molecule has 7 heteroatoms. The summed E-state index contributed by atoms with van der Waals surface area (Å²) in [6, 6.07) is 16.2. The molecule has 2 aromatic rings. The van der Waals surface area contributed by atoms with Crippen LogP contribution in [0.5, 0.6) is 0 Å². The molecule has 0 amide bonds. The minimum atomic E-state index is -0.218. The van der Waals surface area contributed by atoms with Crippen molar-refractivity contribution in [2.75, 3.05) is 30.3 Å². The van der Waals surface area contributed by atoms with E-state index in [2.05, 4.69) is 29.8 Å². The Kier molecular flexibility index (Phi) is 4.62. The molecular weight excluding hydrogens is 374 g/mol. The Bertz CT molecular complexity index is 814. The molecule has 0 saturated heterocycles. The maximum atomic E-state index is 6.03. The van der Waals surface area contributed by atoms with E-state index in [1.807, 2.05) is 47.2 Å². The van der Waals surface area contributed by atoms with Crippen molar-refractivity contribution in [3.63, 3.8) is 0 Å². The lowest BCUT2D eigenvalue weighted by atomic mass is 9.97. The highest BCUT2D eigenvalue weighted by Gasteiger charge is 2.55. The monoisotopic (exact) mass is 391 g/mol. The summed E-state index contributed by atoms with van der Waals surface area (Å²) in [5.41, 5.74) is 3.34. The van der Waals surface area contributed by atoms with Gasteiger partial charge < -0.3 is 5.32 Å². The number of hydrogen-bond donors (Lipinski definition) is 1. The molecular formula is C18H18ClN3OS2. The molecule has 0 unspecified atom stereocenters. The van der Waals surface area contributed by atoms with Gasteiger partial charge in [0.1, 0.15) is 15.3 Å². The summed E-state index contributed by atoms with van der Waals surface area (Å²) in [6.45, 7) is 0.718. The highest BCUT2D eigenvalue weighted by molar-refractivity contribution is 8.39. The van der Waals surface area contributed by atoms with E-state index in [0.29, 0.717) is 0 Å². The van der Waals surface area contributed by atoms with Crippen LogP contribution in [0.2, 0.25) is 5.02 Å². The highest BCUT2D eigenvalue weighted by Crippen LogP contribution is 2.56. The van der Waals surface area contributed by atoms with Gasteiger partial charge in [0.05, 0.1) is 19.3 Å². The van der Waals surface area contributed by atoms with Gasteiger partial charge in [-0.1, -0.05) is 41.6 Å². The van der Waals surface area contributed by atoms with Crippen LogP contribution in [0.1, 0.15) is 5.56 Å². The standard InChI is InChI=1S/C18H18ClN3OS2/c1-23-22-15-6-4-3-5-14(15)18(11-20-17(24-2)25-18)16(22)21-13-9-7-12(19)8-10-13/h3-10,16,21H,11H2,1-2H3/t16-,18+/m1/s1. The van der Waals surface area contributed by atoms with E-state index in [-0.39, 0.29) is 10.9 Å². The molecule has 25 heavy (non-hydrogen) atoms. The number of nitrogens with one attached hydrogen (secondary N) is 1. The topological polar surface area (TPSA) is 36.9 Å². The third kappa shape index (κ3) is 2.81. The second-order valence-corrected chi connectivity index (χ2v) is 8.67. The fourth-order valence-corrected chi connectivity index (χ4v) is 5.59. The van der Waals surface area contributed by atoms with E-state index >= 15 is 0 Å². The summed E-state index contributed by atoms with van der Waals surface area (Å²) in [7, 11) is 1.71. The Morgan fingerprint density at radius 3 is 2.72 bits per heavy atom. The quantitative estimate of drug-likeness (QED) is 0.811. The predicted octanol–water partition coefficient (Wildman–Crippen LogP) is 4.82. The van der Waals surface area contributed by atoms with Gasteiger partial charge in [0, 0.05) is 16.3 Å². The number of hydrogen-bond acceptors (Lipinski definition) is 6. The van der Waals surface area contributed by atoms with Gasteiger partial charge in [-0.05, 0) is 36.6 Å². The predicted molar refractivity (Wildman–Crippen MR) is 110 cm³/mol. The van der Waals surface area contributed by atoms with Crippen molar-refractivity contribution in [2.45, 2.75) is 10.9 Å². The van der Waals surface area contributed by atoms with Gasteiger partial charge >= 0.3 is 0 Å². The van der Waals surface area contributed by atoms with Crippen LogP contribution >= 0.6 is 35.1 Å². The van der Waals surface area contributed by atoms with E-state index in [9.17, 15) is 0 Å². The molecule has 2 atom stereocenters. The van der Waals surface area contributed by atoms with Crippen LogP contribution in [0.25, 0.3) is 0 Å². The number of rotatable bonds is 3. The molecule has 2 aliphatic rings. The van der Waals surface area contributed by atoms with Gasteiger partial charge in [0.15, 0.2) is 0 Å². The fraction of sp³-hybridized carbons (Fsp3) is 0.278. The van der Waals surface area contributed by atoms with Crippen LogP contribution in [0.3, 0.4) is 0 Å². The second-order valence-electron chi connectivity index (χ2n) is 5.86. The second kappa shape index (κ2) is 6.76. The molecule has 1 N–H and O–H groups in total. The minimum Gasteiger partial charge on any atom is -0.362 e. The number of halogens is 1. The number of hydroxylamine groups is 1. The van der Waals surface area contributed by atoms with Crippen LogP contribution in [-0.4, -0.2) is 30.5 Å². The molecule has 2 aromatic carbocycles.